The summed E-state index contributed by atoms with van der Waals surface area (Å²) in [5, 5.41) is 4.58. The second-order valence-corrected chi connectivity index (χ2v) is 4.17. The predicted molar refractivity (Wildman–Crippen MR) is 62.7 cm³/mol. The molecule has 0 fully saturated rings. The first kappa shape index (κ1) is 13.0. The molecule has 96 valence electrons. The van der Waals surface area contributed by atoms with E-state index in [0.29, 0.717) is 21.6 Å². The summed E-state index contributed by atoms with van der Waals surface area (Å²) >= 11 is 11.8. The second-order valence-electron chi connectivity index (χ2n) is 3.33. The lowest BCUT2D eigenvalue weighted by Crippen LogP contribution is -2.04. The van der Waals surface area contributed by atoms with Crippen LogP contribution in [0.25, 0.3) is 5.69 Å². The Morgan fingerprint density at radius 3 is 2.67 bits per heavy atom. The van der Waals surface area contributed by atoms with Crippen LogP contribution in [0.2, 0.25) is 10.0 Å². The third-order valence-electron chi connectivity index (χ3n) is 2.08. The van der Waals surface area contributed by atoms with Crippen molar-refractivity contribution in [2.45, 2.75) is 13.5 Å². The molecular formula is C10H7Cl2F2N3O. The van der Waals surface area contributed by atoms with Crippen molar-refractivity contribution in [1.82, 2.24) is 14.8 Å². The maximum Gasteiger partial charge on any atom is 0.389 e. The number of hydrogen-bond donors (Lipinski definition) is 0. The van der Waals surface area contributed by atoms with Gasteiger partial charge in [0, 0.05) is 5.02 Å². The maximum atomic E-state index is 12.0. The molecule has 0 radical (unpaired) electrons. The van der Waals surface area contributed by atoms with E-state index in [9.17, 15) is 8.78 Å². The molecule has 0 aliphatic carbocycles. The number of hydrogen-bond acceptors (Lipinski definition) is 3. The van der Waals surface area contributed by atoms with Gasteiger partial charge in [0.15, 0.2) is 0 Å². The van der Waals surface area contributed by atoms with Crippen LogP contribution in [0, 0.1) is 6.92 Å². The van der Waals surface area contributed by atoms with Crippen LogP contribution in [0.3, 0.4) is 0 Å². The zero-order chi connectivity index (χ0) is 13.3. The maximum absolute atomic E-state index is 12.0. The van der Waals surface area contributed by atoms with E-state index < -0.39 is 12.6 Å². The van der Waals surface area contributed by atoms with E-state index in [1.54, 1.807) is 19.1 Å². The highest BCUT2D eigenvalue weighted by molar-refractivity contribution is 6.35. The number of aromatic nitrogens is 3. The van der Waals surface area contributed by atoms with Crippen LogP contribution in [-0.2, 0) is 0 Å². The molecule has 2 aromatic rings. The molecule has 0 saturated heterocycles. The lowest BCUT2D eigenvalue weighted by Gasteiger charge is -2.05. The fourth-order valence-corrected chi connectivity index (χ4v) is 1.87. The Morgan fingerprint density at radius 2 is 2.06 bits per heavy atom. The number of ether oxygens (including phenoxy) is 1. The minimum Gasteiger partial charge on any atom is -0.400 e. The van der Waals surface area contributed by atoms with Crippen LogP contribution in [-0.4, -0.2) is 21.4 Å². The van der Waals surface area contributed by atoms with Crippen LogP contribution in [0.5, 0.6) is 6.01 Å². The number of benzene rings is 1. The zero-order valence-corrected chi connectivity index (χ0v) is 10.6. The molecule has 0 saturated carbocycles. The highest BCUT2D eigenvalue weighted by Gasteiger charge is 2.14. The van der Waals surface area contributed by atoms with Crippen LogP contribution in [0.1, 0.15) is 5.82 Å². The van der Waals surface area contributed by atoms with Crippen molar-refractivity contribution in [3.05, 3.63) is 34.1 Å². The fourth-order valence-electron chi connectivity index (χ4n) is 1.38. The van der Waals surface area contributed by atoms with Crippen molar-refractivity contribution in [2.75, 3.05) is 0 Å². The molecule has 0 atom stereocenters. The first-order valence-electron chi connectivity index (χ1n) is 4.81. The standard InChI is InChI=1S/C10H7Cl2F2N3O/c1-5-15-10(18-9(13)14)16-17(5)8-3-2-6(11)4-7(8)12/h2-4,9H,1H3. The molecule has 1 aromatic heterocycles. The number of aryl methyl sites for hydroxylation is 1. The SMILES string of the molecule is Cc1nc(OC(F)F)nn1-c1ccc(Cl)cc1Cl. The van der Waals surface area contributed by atoms with Gasteiger partial charge >= 0.3 is 12.6 Å². The lowest BCUT2D eigenvalue weighted by molar-refractivity contribution is -0.0560. The van der Waals surface area contributed by atoms with Crippen molar-refractivity contribution in [1.29, 1.82) is 0 Å². The summed E-state index contributed by atoms with van der Waals surface area (Å²) in [4.78, 5) is 3.75. The van der Waals surface area contributed by atoms with E-state index in [1.807, 2.05) is 0 Å². The van der Waals surface area contributed by atoms with Gasteiger partial charge in [0.05, 0.1) is 10.7 Å². The topological polar surface area (TPSA) is 39.9 Å². The molecule has 1 heterocycles. The lowest BCUT2D eigenvalue weighted by atomic mass is 10.3. The highest BCUT2D eigenvalue weighted by atomic mass is 35.5. The van der Waals surface area contributed by atoms with Gasteiger partial charge in [-0.2, -0.15) is 13.8 Å². The van der Waals surface area contributed by atoms with Crippen LogP contribution < -0.4 is 4.74 Å². The van der Waals surface area contributed by atoms with E-state index >= 15 is 0 Å². The van der Waals surface area contributed by atoms with E-state index in [2.05, 4.69) is 14.8 Å². The number of halogens is 4. The van der Waals surface area contributed by atoms with Gasteiger partial charge in [0.2, 0.25) is 0 Å². The van der Waals surface area contributed by atoms with Gasteiger partial charge in [-0.15, -0.1) is 5.10 Å². The summed E-state index contributed by atoms with van der Waals surface area (Å²) < 4.78 is 29.5. The predicted octanol–water partition coefficient (Wildman–Crippen LogP) is 3.48. The largest absolute Gasteiger partial charge is 0.400 e. The number of rotatable bonds is 3. The van der Waals surface area contributed by atoms with Gasteiger partial charge in [-0.25, -0.2) is 4.68 Å². The van der Waals surface area contributed by atoms with Crippen LogP contribution in [0.15, 0.2) is 18.2 Å². The van der Waals surface area contributed by atoms with Crippen molar-refractivity contribution < 1.29 is 13.5 Å². The molecule has 0 amide bonds. The monoisotopic (exact) mass is 293 g/mol. The van der Waals surface area contributed by atoms with Crippen molar-refractivity contribution >= 4 is 23.2 Å². The Morgan fingerprint density at radius 1 is 1.33 bits per heavy atom. The molecule has 18 heavy (non-hydrogen) atoms. The van der Waals surface area contributed by atoms with E-state index in [4.69, 9.17) is 23.2 Å². The summed E-state index contributed by atoms with van der Waals surface area (Å²) in [6.45, 7) is -1.38. The average Bonchev–Trinajstić information content (AvgIpc) is 2.58. The molecule has 0 spiro atoms. The summed E-state index contributed by atoms with van der Waals surface area (Å²) in [5.74, 6) is 0.370. The smallest absolute Gasteiger partial charge is 0.389 e. The normalized spacial score (nSPS) is 11.0. The molecule has 0 unspecified atom stereocenters. The zero-order valence-electron chi connectivity index (χ0n) is 9.07. The third-order valence-corrected chi connectivity index (χ3v) is 2.62. The molecule has 2 rings (SSSR count). The Hall–Kier alpha value is -1.40. The summed E-state index contributed by atoms with van der Waals surface area (Å²) in [5.41, 5.74) is 0.482. The van der Waals surface area contributed by atoms with Crippen molar-refractivity contribution in [2.24, 2.45) is 0 Å². The quantitative estimate of drug-likeness (QED) is 0.870. The van der Waals surface area contributed by atoms with Gasteiger partial charge in [-0.05, 0) is 25.1 Å². The highest BCUT2D eigenvalue weighted by Crippen LogP contribution is 2.25. The van der Waals surface area contributed by atoms with Crippen LogP contribution >= 0.6 is 23.2 Å². The van der Waals surface area contributed by atoms with Gasteiger partial charge in [-0.1, -0.05) is 23.2 Å². The van der Waals surface area contributed by atoms with E-state index in [1.165, 1.54) is 10.7 Å². The van der Waals surface area contributed by atoms with Crippen molar-refractivity contribution in [3.8, 4) is 11.7 Å². The molecule has 0 N–H and O–H groups in total. The van der Waals surface area contributed by atoms with Crippen molar-refractivity contribution in [3.63, 3.8) is 0 Å². The summed E-state index contributed by atoms with van der Waals surface area (Å²) in [6.07, 6.45) is 0. The molecule has 4 nitrogen and oxygen atoms in total. The molecule has 0 aliphatic rings. The average molecular weight is 294 g/mol. The summed E-state index contributed by atoms with van der Waals surface area (Å²) in [6, 6.07) is 4.33. The third kappa shape index (κ3) is 2.70. The van der Waals surface area contributed by atoms with Gasteiger partial charge in [0.1, 0.15) is 5.82 Å². The van der Waals surface area contributed by atoms with Gasteiger partial charge < -0.3 is 4.74 Å². The molecule has 0 bridgehead atoms. The number of alkyl halides is 2. The Kier molecular flexibility index (Phi) is 3.68. The minimum absolute atomic E-state index is 0.332. The minimum atomic E-state index is -2.97. The van der Waals surface area contributed by atoms with Gasteiger partial charge in [-0.3, -0.25) is 0 Å². The molecule has 0 aliphatic heterocycles. The second kappa shape index (κ2) is 5.07. The molecular weight excluding hydrogens is 287 g/mol. The Labute approximate surface area is 111 Å². The van der Waals surface area contributed by atoms with Gasteiger partial charge in [0.25, 0.3) is 0 Å². The first-order chi connectivity index (χ1) is 8.47. The molecule has 1 aromatic carbocycles. The molecule has 8 heteroatoms. The van der Waals surface area contributed by atoms with E-state index in [-0.39, 0.29) is 0 Å². The van der Waals surface area contributed by atoms with Crippen LogP contribution in [0.4, 0.5) is 8.78 Å². The Bertz CT molecular complexity index is 574. The fraction of sp³-hybridized carbons (Fsp3) is 0.200. The Balaban J connectivity index is 2.41. The summed E-state index contributed by atoms with van der Waals surface area (Å²) in [7, 11) is 0. The van der Waals surface area contributed by atoms with E-state index in [0.717, 1.165) is 0 Å². The number of nitrogens with zero attached hydrogens (tertiary/aromatic N) is 3. The first-order valence-corrected chi connectivity index (χ1v) is 5.57.